The van der Waals surface area contributed by atoms with Crippen molar-refractivity contribution in [1.82, 2.24) is 0 Å². The molecule has 0 unspecified atom stereocenters. The maximum Gasteiger partial charge on any atom is 0.137 e. The third-order valence-corrected chi connectivity index (χ3v) is 7.96. The smallest absolute Gasteiger partial charge is 0.137 e. The van der Waals surface area contributed by atoms with Crippen molar-refractivity contribution >= 4 is 75.7 Å². The first-order chi connectivity index (χ1) is 14.9. The molecule has 4 aromatic rings. The molecule has 0 aromatic heterocycles. The lowest BCUT2D eigenvalue weighted by atomic mass is 9.82. The molecule has 0 radical (unpaired) electrons. The van der Waals surface area contributed by atoms with Crippen molar-refractivity contribution in [3.05, 3.63) is 56.5 Å². The van der Waals surface area contributed by atoms with E-state index in [9.17, 15) is 0 Å². The topological polar surface area (TPSA) is 26.3 Å². The van der Waals surface area contributed by atoms with Gasteiger partial charge in [0.25, 0.3) is 0 Å². The van der Waals surface area contributed by atoms with E-state index in [0.717, 1.165) is 63.9 Å². The lowest BCUT2D eigenvalue weighted by Crippen LogP contribution is -2.11. The molecule has 0 amide bonds. The second kappa shape index (κ2) is 6.30. The molecule has 6 rings (SSSR count). The summed E-state index contributed by atoms with van der Waals surface area (Å²) in [5.74, 6) is 0. The van der Waals surface area contributed by atoms with Gasteiger partial charge in [-0.1, -0.05) is 73.4 Å². The molecule has 0 spiro atoms. The highest BCUT2D eigenvalue weighted by Gasteiger charge is 2.29. The molecule has 4 heteroatoms. The Hall–Kier alpha value is -2.04. The summed E-state index contributed by atoms with van der Waals surface area (Å²) in [4.78, 5) is 0. The van der Waals surface area contributed by atoms with Crippen LogP contribution in [0.5, 0.6) is 0 Å². The summed E-state index contributed by atoms with van der Waals surface area (Å²) < 4.78 is 15.3. The highest BCUT2D eigenvalue weighted by Crippen LogP contribution is 2.52. The van der Waals surface area contributed by atoms with Crippen LogP contribution in [0.2, 0.25) is 0 Å². The van der Waals surface area contributed by atoms with Crippen LogP contribution in [-0.4, -0.2) is 0 Å². The minimum absolute atomic E-state index is 0.0145. The van der Waals surface area contributed by atoms with Gasteiger partial charge in [-0.05, 0) is 58.4 Å². The lowest BCUT2D eigenvalue weighted by molar-refractivity contribution is 0.586. The molecule has 0 atom stereocenters. The molecule has 0 bridgehead atoms. The number of hydrogen-bond donors (Lipinski definition) is 0. The Labute approximate surface area is 203 Å². The van der Waals surface area contributed by atoms with E-state index in [4.69, 9.17) is 8.83 Å². The Morgan fingerprint density at radius 2 is 0.906 bits per heavy atom. The maximum atomic E-state index is 6.60. The molecule has 0 fully saturated rings. The van der Waals surface area contributed by atoms with E-state index >= 15 is 0 Å². The van der Waals surface area contributed by atoms with E-state index in [2.05, 4.69) is 110 Å². The highest BCUT2D eigenvalue weighted by molar-refractivity contribution is 9.11. The van der Waals surface area contributed by atoms with Gasteiger partial charge < -0.3 is 8.83 Å². The second-order valence-electron chi connectivity index (χ2n) is 11.0. The van der Waals surface area contributed by atoms with Crippen molar-refractivity contribution in [2.45, 2.75) is 52.4 Å². The Morgan fingerprint density at radius 3 is 1.25 bits per heavy atom. The molecule has 32 heavy (non-hydrogen) atoms. The fraction of sp³-hybridized carbons (Fsp3) is 0.286. The van der Waals surface area contributed by atoms with Gasteiger partial charge in [0.05, 0.1) is 0 Å². The quantitative estimate of drug-likeness (QED) is 0.139. The van der Waals surface area contributed by atoms with Gasteiger partial charge in [0.15, 0.2) is 0 Å². The van der Waals surface area contributed by atoms with Crippen molar-refractivity contribution in [2.24, 2.45) is 0 Å². The molecule has 0 aliphatic carbocycles. The van der Waals surface area contributed by atoms with Gasteiger partial charge in [-0.25, -0.2) is 0 Å². The predicted octanol–water partition coefficient (Wildman–Crippen LogP) is 10.1. The third kappa shape index (κ3) is 2.75. The maximum absolute atomic E-state index is 6.60. The summed E-state index contributed by atoms with van der Waals surface area (Å²) in [5.41, 5.74) is 8.32. The molecule has 0 saturated carbocycles. The van der Waals surface area contributed by atoms with Gasteiger partial charge in [-0.3, -0.25) is 0 Å². The van der Waals surface area contributed by atoms with Gasteiger partial charge >= 0.3 is 0 Å². The third-order valence-electron chi connectivity index (χ3n) is 6.65. The normalized spacial score (nSPS) is 13.6. The van der Waals surface area contributed by atoms with E-state index in [0.29, 0.717) is 0 Å². The summed E-state index contributed by atoms with van der Waals surface area (Å²) in [5, 5.41) is 4.55. The largest absolute Gasteiger partial charge is 0.456 e. The summed E-state index contributed by atoms with van der Waals surface area (Å²) in [6, 6.07) is 13.2. The lowest BCUT2D eigenvalue weighted by Gasteiger charge is -2.25. The van der Waals surface area contributed by atoms with Crippen LogP contribution in [0.3, 0.4) is 0 Å². The Bertz CT molecular complexity index is 1530. The van der Waals surface area contributed by atoms with Crippen LogP contribution in [0.15, 0.2) is 54.2 Å². The van der Waals surface area contributed by atoms with Crippen molar-refractivity contribution < 1.29 is 8.83 Å². The Kier molecular flexibility index (Phi) is 4.05. The Morgan fingerprint density at radius 1 is 0.531 bits per heavy atom. The van der Waals surface area contributed by atoms with Gasteiger partial charge in [-0.2, -0.15) is 0 Å². The first-order valence-electron chi connectivity index (χ1n) is 10.9. The second-order valence-corrected chi connectivity index (χ2v) is 12.7. The van der Waals surface area contributed by atoms with Crippen LogP contribution in [0.1, 0.15) is 52.7 Å². The van der Waals surface area contributed by atoms with E-state index in [1.54, 1.807) is 0 Å². The molecule has 4 aromatic carbocycles. The van der Waals surface area contributed by atoms with Crippen LogP contribution in [0, 0.1) is 0 Å². The minimum atomic E-state index is 0.0145. The average Bonchev–Trinajstić information content (AvgIpc) is 2.69. The first kappa shape index (κ1) is 20.6. The average molecular weight is 552 g/mol. The summed E-state index contributed by atoms with van der Waals surface area (Å²) in [6.45, 7) is 13.4. The zero-order chi connectivity index (χ0) is 22.7. The van der Waals surface area contributed by atoms with E-state index < -0.39 is 0 Å². The Balaban J connectivity index is 1.89. The van der Waals surface area contributed by atoms with Gasteiger partial charge in [0.2, 0.25) is 0 Å². The molecule has 2 heterocycles. The zero-order valence-electron chi connectivity index (χ0n) is 19.0. The van der Waals surface area contributed by atoms with Gasteiger partial charge in [0, 0.05) is 41.6 Å². The summed E-state index contributed by atoms with van der Waals surface area (Å²) >= 11 is 7.65. The van der Waals surface area contributed by atoms with Gasteiger partial charge in [0.1, 0.15) is 22.3 Å². The fourth-order valence-electron chi connectivity index (χ4n) is 4.82. The van der Waals surface area contributed by atoms with E-state index in [1.807, 2.05) is 0 Å². The SMILES string of the molecule is CC(C)(C)c1cc2oc3cc(Br)c4cc(C(C)(C)C)cc5oc6cc(Br)c(c1)c2c6-c3c54. The van der Waals surface area contributed by atoms with Crippen molar-refractivity contribution in [2.75, 3.05) is 0 Å². The van der Waals surface area contributed by atoms with Crippen molar-refractivity contribution in [3.8, 4) is 11.1 Å². The first-order valence-corrected chi connectivity index (χ1v) is 12.5. The van der Waals surface area contributed by atoms with Crippen LogP contribution >= 0.6 is 31.9 Å². The number of rotatable bonds is 0. The molecular weight excluding hydrogens is 528 g/mol. The molecule has 0 saturated heterocycles. The minimum Gasteiger partial charge on any atom is -0.456 e. The highest BCUT2D eigenvalue weighted by atomic mass is 79.9. The number of halogens is 2. The van der Waals surface area contributed by atoms with E-state index in [1.165, 1.54) is 11.1 Å². The molecule has 2 aliphatic rings. The van der Waals surface area contributed by atoms with Crippen LogP contribution in [0.25, 0.3) is 55.0 Å². The fourth-order valence-corrected chi connectivity index (χ4v) is 5.86. The molecule has 0 N–H and O–H groups in total. The van der Waals surface area contributed by atoms with E-state index in [-0.39, 0.29) is 10.8 Å². The van der Waals surface area contributed by atoms with Crippen molar-refractivity contribution in [3.63, 3.8) is 0 Å². The monoisotopic (exact) mass is 550 g/mol. The molecule has 2 aliphatic heterocycles. The molecular formula is C28H24Br2O2. The van der Waals surface area contributed by atoms with Crippen LogP contribution in [-0.2, 0) is 10.8 Å². The number of hydrogen-bond acceptors (Lipinski definition) is 2. The summed E-state index contributed by atoms with van der Waals surface area (Å²) in [7, 11) is 0. The number of benzene rings is 4. The molecule has 2 nitrogen and oxygen atoms in total. The standard InChI is InChI=1S/C28H24Br2O2/c1-27(2,3)13-7-15-17(29)11-22-25-23(15)19(9-13)31-21-12-18(30)16-8-14(28(4,5)6)10-20(32-22)24(16)26(21)25/h7-12H,1-6H3. The van der Waals surface area contributed by atoms with Crippen LogP contribution in [0.4, 0.5) is 0 Å². The molecule has 162 valence electrons. The predicted molar refractivity (Wildman–Crippen MR) is 142 cm³/mol. The van der Waals surface area contributed by atoms with Crippen molar-refractivity contribution in [1.29, 1.82) is 0 Å². The van der Waals surface area contributed by atoms with Gasteiger partial charge in [-0.15, -0.1) is 0 Å². The van der Waals surface area contributed by atoms with Crippen LogP contribution < -0.4 is 0 Å². The summed E-state index contributed by atoms with van der Waals surface area (Å²) in [6.07, 6.45) is 0. The zero-order valence-corrected chi connectivity index (χ0v) is 22.2.